The van der Waals surface area contributed by atoms with Crippen LogP contribution in [-0.4, -0.2) is 0 Å². The largest absolute Gasteiger partial charge is 0.320 e. The number of halogens is 2. The zero-order valence-corrected chi connectivity index (χ0v) is 11.0. The van der Waals surface area contributed by atoms with E-state index < -0.39 is 0 Å². The highest BCUT2D eigenvalue weighted by Gasteiger charge is 2.12. The first-order valence-electron chi connectivity index (χ1n) is 5.35. The first-order chi connectivity index (χ1) is 8.09. The van der Waals surface area contributed by atoms with E-state index in [-0.39, 0.29) is 11.9 Å². The minimum absolute atomic E-state index is 0.201. The molecular formula is C14H13BrFN. The van der Waals surface area contributed by atoms with Gasteiger partial charge in [-0.05, 0) is 35.7 Å². The van der Waals surface area contributed by atoms with Gasteiger partial charge >= 0.3 is 0 Å². The molecule has 2 rings (SSSR count). The molecule has 0 heterocycles. The predicted molar refractivity (Wildman–Crippen MR) is 71.3 cm³/mol. The van der Waals surface area contributed by atoms with Gasteiger partial charge in [0.1, 0.15) is 5.82 Å². The smallest absolute Gasteiger partial charge is 0.126 e. The molecule has 0 fully saturated rings. The van der Waals surface area contributed by atoms with Crippen LogP contribution < -0.4 is 5.73 Å². The molecule has 0 aliphatic rings. The van der Waals surface area contributed by atoms with Crippen LogP contribution in [0.25, 0.3) is 0 Å². The lowest BCUT2D eigenvalue weighted by molar-refractivity contribution is 0.617. The number of aryl methyl sites for hydroxylation is 1. The average Bonchev–Trinajstić information content (AvgIpc) is 2.32. The second-order valence-electron chi connectivity index (χ2n) is 4.01. The number of hydrogen-bond acceptors (Lipinski definition) is 1. The number of nitrogens with two attached hydrogens (primary N) is 1. The quantitative estimate of drug-likeness (QED) is 0.892. The Bertz CT molecular complexity index is 539. The Balaban J connectivity index is 2.40. The lowest BCUT2D eigenvalue weighted by Crippen LogP contribution is -2.12. The first kappa shape index (κ1) is 12.3. The normalized spacial score (nSPS) is 12.5. The molecule has 2 N–H and O–H groups in total. The van der Waals surface area contributed by atoms with Gasteiger partial charge in [0.15, 0.2) is 0 Å². The third kappa shape index (κ3) is 2.56. The fourth-order valence-corrected chi connectivity index (χ4v) is 2.30. The van der Waals surface area contributed by atoms with Crippen molar-refractivity contribution in [1.29, 1.82) is 0 Å². The Kier molecular flexibility index (Phi) is 3.60. The Labute approximate surface area is 109 Å². The summed E-state index contributed by atoms with van der Waals surface area (Å²) in [4.78, 5) is 0. The maximum atomic E-state index is 13.2. The van der Waals surface area contributed by atoms with Crippen LogP contribution in [0.15, 0.2) is 46.9 Å². The highest BCUT2D eigenvalue weighted by atomic mass is 79.9. The Morgan fingerprint density at radius 1 is 1.18 bits per heavy atom. The third-order valence-corrected chi connectivity index (χ3v) is 3.50. The van der Waals surface area contributed by atoms with Crippen molar-refractivity contribution in [3.05, 3.63) is 69.4 Å². The standard InChI is InChI=1S/C14H13BrFN/c1-9-8-10(6-7-13(9)16)14(17)11-4-2-3-5-12(11)15/h2-8,14H,17H2,1H3. The summed E-state index contributed by atoms with van der Waals surface area (Å²) in [5.74, 6) is -0.201. The fraction of sp³-hybridized carbons (Fsp3) is 0.143. The summed E-state index contributed by atoms with van der Waals surface area (Å²) in [5, 5.41) is 0. The summed E-state index contributed by atoms with van der Waals surface area (Å²) in [6.07, 6.45) is 0. The van der Waals surface area contributed by atoms with E-state index in [4.69, 9.17) is 5.73 Å². The average molecular weight is 294 g/mol. The van der Waals surface area contributed by atoms with Crippen molar-refractivity contribution < 1.29 is 4.39 Å². The molecule has 0 radical (unpaired) electrons. The minimum atomic E-state index is -0.245. The van der Waals surface area contributed by atoms with E-state index in [1.165, 1.54) is 6.07 Å². The molecule has 88 valence electrons. The molecule has 17 heavy (non-hydrogen) atoms. The molecular weight excluding hydrogens is 281 g/mol. The molecule has 2 aromatic rings. The van der Waals surface area contributed by atoms with E-state index in [0.717, 1.165) is 15.6 Å². The van der Waals surface area contributed by atoms with Gasteiger partial charge in [0.25, 0.3) is 0 Å². The van der Waals surface area contributed by atoms with Crippen molar-refractivity contribution >= 4 is 15.9 Å². The molecule has 0 aromatic heterocycles. The van der Waals surface area contributed by atoms with E-state index in [0.29, 0.717) is 5.56 Å². The SMILES string of the molecule is Cc1cc(C(N)c2ccccc2Br)ccc1F. The van der Waals surface area contributed by atoms with Crippen molar-refractivity contribution in [3.63, 3.8) is 0 Å². The van der Waals surface area contributed by atoms with Crippen molar-refractivity contribution in [3.8, 4) is 0 Å². The van der Waals surface area contributed by atoms with Crippen molar-refractivity contribution in [2.75, 3.05) is 0 Å². The second kappa shape index (κ2) is 4.98. The van der Waals surface area contributed by atoms with Crippen LogP contribution in [0.1, 0.15) is 22.7 Å². The number of benzene rings is 2. The summed E-state index contributed by atoms with van der Waals surface area (Å²) in [6.45, 7) is 1.74. The number of hydrogen-bond donors (Lipinski definition) is 1. The second-order valence-corrected chi connectivity index (χ2v) is 4.86. The van der Waals surface area contributed by atoms with Gasteiger partial charge in [-0.1, -0.05) is 46.3 Å². The molecule has 0 aliphatic heterocycles. The summed E-state index contributed by atoms with van der Waals surface area (Å²) < 4.78 is 14.2. The molecule has 0 spiro atoms. The third-order valence-electron chi connectivity index (χ3n) is 2.78. The molecule has 2 aromatic carbocycles. The lowest BCUT2D eigenvalue weighted by Gasteiger charge is -2.15. The molecule has 0 saturated carbocycles. The summed E-state index contributed by atoms with van der Waals surface area (Å²) in [7, 11) is 0. The van der Waals surface area contributed by atoms with E-state index in [9.17, 15) is 4.39 Å². The highest BCUT2D eigenvalue weighted by Crippen LogP contribution is 2.27. The van der Waals surface area contributed by atoms with Gasteiger partial charge in [-0.15, -0.1) is 0 Å². The molecule has 1 unspecified atom stereocenters. The van der Waals surface area contributed by atoms with Crippen molar-refractivity contribution in [2.45, 2.75) is 13.0 Å². The Morgan fingerprint density at radius 3 is 2.53 bits per heavy atom. The van der Waals surface area contributed by atoms with Gasteiger partial charge in [-0.25, -0.2) is 4.39 Å². The molecule has 0 bridgehead atoms. The Morgan fingerprint density at radius 2 is 1.88 bits per heavy atom. The van der Waals surface area contributed by atoms with Crippen LogP contribution in [0.2, 0.25) is 0 Å². The maximum Gasteiger partial charge on any atom is 0.126 e. The van der Waals surface area contributed by atoms with E-state index in [2.05, 4.69) is 15.9 Å². The topological polar surface area (TPSA) is 26.0 Å². The van der Waals surface area contributed by atoms with Crippen LogP contribution in [0, 0.1) is 12.7 Å². The molecule has 0 saturated heterocycles. The monoisotopic (exact) mass is 293 g/mol. The van der Waals surface area contributed by atoms with Crippen LogP contribution in [0.3, 0.4) is 0 Å². The molecule has 0 aliphatic carbocycles. The Hall–Kier alpha value is -1.19. The van der Waals surface area contributed by atoms with Crippen LogP contribution in [0.5, 0.6) is 0 Å². The summed E-state index contributed by atoms with van der Waals surface area (Å²) in [5.41, 5.74) is 8.71. The van der Waals surface area contributed by atoms with Gasteiger partial charge < -0.3 is 5.73 Å². The molecule has 0 amide bonds. The van der Waals surface area contributed by atoms with Crippen molar-refractivity contribution in [1.82, 2.24) is 0 Å². The maximum absolute atomic E-state index is 13.2. The minimum Gasteiger partial charge on any atom is -0.320 e. The lowest BCUT2D eigenvalue weighted by atomic mass is 9.98. The van der Waals surface area contributed by atoms with Crippen LogP contribution in [0.4, 0.5) is 4.39 Å². The molecule has 1 nitrogen and oxygen atoms in total. The van der Waals surface area contributed by atoms with Crippen LogP contribution >= 0.6 is 15.9 Å². The van der Waals surface area contributed by atoms with Gasteiger partial charge in [-0.2, -0.15) is 0 Å². The van der Waals surface area contributed by atoms with E-state index in [1.54, 1.807) is 19.1 Å². The van der Waals surface area contributed by atoms with Crippen LogP contribution in [-0.2, 0) is 0 Å². The summed E-state index contributed by atoms with van der Waals surface area (Å²) in [6, 6.07) is 12.5. The first-order valence-corrected chi connectivity index (χ1v) is 6.15. The van der Waals surface area contributed by atoms with Gasteiger partial charge in [0.2, 0.25) is 0 Å². The number of rotatable bonds is 2. The fourth-order valence-electron chi connectivity index (χ4n) is 1.77. The molecule has 3 heteroatoms. The predicted octanol–water partition coefficient (Wildman–Crippen LogP) is 3.94. The zero-order valence-electron chi connectivity index (χ0n) is 9.45. The van der Waals surface area contributed by atoms with Gasteiger partial charge in [-0.3, -0.25) is 0 Å². The van der Waals surface area contributed by atoms with E-state index >= 15 is 0 Å². The van der Waals surface area contributed by atoms with Gasteiger partial charge in [0.05, 0.1) is 6.04 Å². The molecule has 1 atom stereocenters. The van der Waals surface area contributed by atoms with E-state index in [1.807, 2.05) is 24.3 Å². The van der Waals surface area contributed by atoms with Gasteiger partial charge in [0, 0.05) is 4.47 Å². The summed E-state index contributed by atoms with van der Waals surface area (Å²) >= 11 is 3.47. The van der Waals surface area contributed by atoms with Crippen molar-refractivity contribution in [2.24, 2.45) is 5.73 Å². The zero-order chi connectivity index (χ0) is 12.4. The highest BCUT2D eigenvalue weighted by molar-refractivity contribution is 9.10.